The van der Waals surface area contributed by atoms with Gasteiger partial charge in [0.25, 0.3) is 0 Å². The maximum atomic E-state index is 13.7. The molecule has 4 aromatic rings. The van der Waals surface area contributed by atoms with E-state index in [0.717, 1.165) is 21.3 Å². The molecule has 1 atom stereocenters. The number of amides is 2. The fourth-order valence-corrected chi connectivity index (χ4v) is 5.12. The molecule has 0 N–H and O–H groups in total. The molecular weight excluding hydrogens is 439 g/mol. The van der Waals surface area contributed by atoms with Crippen LogP contribution in [0.2, 0.25) is 0 Å². The molecule has 0 spiro atoms. The maximum Gasteiger partial charge on any atom is 0.234 e. The number of thiazole rings is 1. The number of nitrogens with zero attached hydrogens (tertiary/aromatic N) is 4. The van der Waals surface area contributed by atoms with Gasteiger partial charge in [-0.25, -0.2) is 9.37 Å². The Kier molecular flexibility index (Phi) is 5.60. The van der Waals surface area contributed by atoms with Crippen LogP contribution in [0.5, 0.6) is 0 Å². The average Bonchev–Trinajstić information content (AvgIpc) is 3.43. The van der Waals surface area contributed by atoms with Gasteiger partial charge in [0.2, 0.25) is 11.8 Å². The molecule has 0 aliphatic carbocycles. The summed E-state index contributed by atoms with van der Waals surface area (Å²) in [6, 6.07) is 15.5. The van der Waals surface area contributed by atoms with E-state index in [1.807, 2.05) is 37.3 Å². The lowest BCUT2D eigenvalue weighted by atomic mass is 10.1. The van der Waals surface area contributed by atoms with Crippen LogP contribution in [0.4, 0.5) is 15.2 Å². The third kappa shape index (κ3) is 4.21. The van der Waals surface area contributed by atoms with Crippen LogP contribution in [0.25, 0.3) is 10.2 Å². The molecule has 5 rings (SSSR count). The van der Waals surface area contributed by atoms with Crippen molar-refractivity contribution in [1.29, 1.82) is 0 Å². The Morgan fingerprint density at radius 1 is 1.18 bits per heavy atom. The molecule has 33 heavy (non-hydrogen) atoms. The molecule has 6 nitrogen and oxygen atoms in total. The van der Waals surface area contributed by atoms with Gasteiger partial charge in [-0.05, 0) is 54.4 Å². The van der Waals surface area contributed by atoms with E-state index in [2.05, 4.69) is 4.98 Å². The van der Waals surface area contributed by atoms with Crippen molar-refractivity contribution in [2.24, 2.45) is 5.92 Å². The number of para-hydroxylation sites is 1. The lowest BCUT2D eigenvalue weighted by molar-refractivity contribution is -0.124. The van der Waals surface area contributed by atoms with Gasteiger partial charge in [0, 0.05) is 31.0 Å². The highest BCUT2D eigenvalue weighted by Gasteiger charge is 2.38. The second-order valence-corrected chi connectivity index (χ2v) is 9.09. The van der Waals surface area contributed by atoms with Gasteiger partial charge in [-0.3, -0.25) is 19.5 Å². The molecule has 8 heteroatoms. The number of benzene rings is 2. The number of hydrogen-bond acceptors (Lipinski definition) is 5. The summed E-state index contributed by atoms with van der Waals surface area (Å²) in [6.45, 7) is 2.55. The molecule has 166 valence electrons. The standard InChI is InChI=1S/C25H21FN4O2S/c1-16-4-2-6-21-23(16)28-25(33-21)30(14-17-5-3-11-27-13-17)24(32)18-12-22(31)29(15-18)20-9-7-19(26)8-10-20/h2-11,13,18H,12,14-15H2,1H3. The predicted octanol–water partition coefficient (Wildman–Crippen LogP) is 4.73. The maximum absolute atomic E-state index is 13.7. The first kappa shape index (κ1) is 21.2. The second kappa shape index (κ2) is 8.71. The van der Waals surface area contributed by atoms with E-state index >= 15 is 0 Å². The van der Waals surface area contributed by atoms with E-state index < -0.39 is 5.92 Å². The molecule has 1 unspecified atom stereocenters. The minimum absolute atomic E-state index is 0.101. The van der Waals surface area contributed by atoms with E-state index in [4.69, 9.17) is 4.98 Å². The Labute approximate surface area is 194 Å². The third-order valence-corrected chi connectivity index (χ3v) is 6.83. The van der Waals surface area contributed by atoms with Crippen LogP contribution >= 0.6 is 11.3 Å². The SMILES string of the molecule is Cc1cccc2sc(N(Cc3cccnc3)C(=O)C3CC(=O)N(c4ccc(F)cc4)C3)nc12. The molecule has 1 aliphatic heterocycles. The van der Waals surface area contributed by atoms with Crippen LogP contribution < -0.4 is 9.80 Å². The summed E-state index contributed by atoms with van der Waals surface area (Å²) in [5.74, 6) is -1.20. The van der Waals surface area contributed by atoms with Crippen molar-refractivity contribution in [3.63, 3.8) is 0 Å². The van der Waals surface area contributed by atoms with Crippen molar-refractivity contribution in [1.82, 2.24) is 9.97 Å². The first-order chi connectivity index (χ1) is 16.0. The Morgan fingerprint density at radius 3 is 2.73 bits per heavy atom. The van der Waals surface area contributed by atoms with E-state index in [9.17, 15) is 14.0 Å². The Bertz CT molecular complexity index is 1320. The smallest absolute Gasteiger partial charge is 0.234 e. The van der Waals surface area contributed by atoms with Gasteiger partial charge in [-0.2, -0.15) is 0 Å². The largest absolute Gasteiger partial charge is 0.312 e. The summed E-state index contributed by atoms with van der Waals surface area (Å²) >= 11 is 1.46. The van der Waals surface area contributed by atoms with Gasteiger partial charge in [-0.1, -0.05) is 29.5 Å². The number of pyridine rings is 1. The third-order valence-electron chi connectivity index (χ3n) is 5.78. The highest BCUT2D eigenvalue weighted by Crippen LogP contribution is 2.34. The monoisotopic (exact) mass is 460 g/mol. The van der Waals surface area contributed by atoms with E-state index in [-0.39, 0.29) is 30.6 Å². The number of anilines is 2. The number of rotatable bonds is 5. The van der Waals surface area contributed by atoms with Crippen LogP contribution in [0, 0.1) is 18.7 Å². The van der Waals surface area contributed by atoms with E-state index in [1.165, 1.54) is 23.5 Å². The van der Waals surface area contributed by atoms with Crippen molar-refractivity contribution in [2.75, 3.05) is 16.3 Å². The lowest BCUT2D eigenvalue weighted by Gasteiger charge is -2.23. The van der Waals surface area contributed by atoms with E-state index in [1.54, 1.807) is 34.3 Å². The van der Waals surface area contributed by atoms with Gasteiger partial charge >= 0.3 is 0 Å². The molecule has 0 bridgehead atoms. The van der Waals surface area contributed by atoms with Gasteiger partial charge in [0.1, 0.15) is 5.82 Å². The van der Waals surface area contributed by atoms with Crippen molar-refractivity contribution < 1.29 is 14.0 Å². The first-order valence-corrected chi connectivity index (χ1v) is 11.4. The topological polar surface area (TPSA) is 66.4 Å². The van der Waals surface area contributed by atoms with Crippen molar-refractivity contribution in [3.8, 4) is 0 Å². The van der Waals surface area contributed by atoms with Crippen molar-refractivity contribution >= 4 is 44.2 Å². The summed E-state index contributed by atoms with van der Waals surface area (Å²) in [4.78, 5) is 38.6. The lowest BCUT2D eigenvalue weighted by Crippen LogP contribution is -2.37. The molecule has 1 saturated heterocycles. The van der Waals surface area contributed by atoms with Gasteiger partial charge < -0.3 is 4.90 Å². The van der Waals surface area contributed by atoms with Crippen LogP contribution in [0.15, 0.2) is 67.0 Å². The van der Waals surface area contributed by atoms with Gasteiger partial charge in [0.05, 0.1) is 22.7 Å². The molecule has 1 fully saturated rings. The summed E-state index contributed by atoms with van der Waals surface area (Å²) in [5, 5.41) is 0.598. The van der Waals surface area contributed by atoms with Crippen molar-refractivity contribution in [2.45, 2.75) is 19.9 Å². The highest BCUT2D eigenvalue weighted by molar-refractivity contribution is 7.22. The number of aryl methyl sites for hydroxylation is 1. The first-order valence-electron chi connectivity index (χ1n) is 10.6. The number of carbonyl (C=O) groups is 2. The number of aromatic nitrogens is 2. The van der Waals surface area contributed by atoms with E-state index in [0.29, 0.717) is 17.4 Å². The molecule has 0 saturated carbocycles. The predicted molar refractivity (Wildman–Crippen MR) is 127 cm³/mol. The molecule has 3 heterocycles. The minimum atomic E-state index is -0.521. The van der Waals surface area contributed by atoms with Crippen LogP contribution in [-0.2, 0) is 16.1 Å². The van der Waals surface area contributed by atoms with Crippen LogP contribution in [-0.4, -0.2) is 28.3 Å². The quantitative estimate of drug-likeness (QED) is 0.432. The summed E-state index contributed by atoms with van der Waals surface area (Å²) in [7, 11) is 0. The number of halogens is 1. The molecule has 2 aromatic carbocycles. The summed E-state index contributed by atoms with van der Waals surface area (Å²) in [5.41, 5.74) is 3.38. The zero-order valence-electron chi connectivity index (χ0n) is 17.9. The fraction of sp³-hybridized carbons (Fsp3) is 0.200. The summed E-state index contributed by atoms with van der Waals surface area (Å²) in [6.07, 6.45) is 3.51. The van der Waals surface area contributed by atoms with Crippen molar-refractivity contribution in [3.05, 3.63) is 83.9 Å². The number of fused-ring (bicyclic) bond motifs is 1. The zero-order chi connectivity index (χ0) is 22.9. The molecule has 0 radical (unpaired) electrons. The fourth-order valence-electron chi connectivity index (χ4n) is 4.07. The van der Waals surface area contributed by atoms with Gasteiger partial charge in [-0.15, -0.1) is 0 Å². The normalized spacial score (nSPS) is 15.9. The Morgan fingerprint density at radius 2 is 2.00 bits per heavy atom. The Hall–Kier alpha value is -3.65. The zero-order valence-corrected chi connectivity index (χ0v) is 18.8. The van der Waals surface area contributed by atoms with Gasteiger partial charge in [0.15, 0.2) is 5.13 Å². The Balaban J connectivity index is 1.46. The molecular formula is C25H21FN4O2S. The number of carbonyl (C=O) groups excluding carboxylic acids is 2. The second-order valence-electron chi connectivity index (χ2n) is 8.09. The van der Waals surface area contributed by atoms with Crippen LogP contribution in [0.3, 0.4) is 0 Å². The molecule has 2 aromatic heterocycles. The number of hydrogen-bond donors (Lipinski definition) is 0. The minimum Gasteiger partial charge on any atom is -0.312 e. The molecule has 1 aliphatic rings. The highest BCUT2D eigenvalue weighted by atomic mass is 32.1. The average molecular weight is 461 g/mol. The molecule has 2 amide bonds. The van der Waals surface area contributed by atoms with Crippen LogP contribution in [0.1, 0.15) is 17.5 Å². The summed E-state index contributed by atoms with van der Waals surface area (Å²) < 4.78 is 14.3.